The van der Waals surface area contributed by atoms with E-state index in [1.807, 2.05) is 24.7 Å². The minimum absolute atomic E-state index is 0.332. The minimum Gasteiger partial charge on any atom is -0.391 e. The van der Waals surface area contributed by atoms with Crippen molar-refractivity contribution in [2.45, 2.75) is 32.9 Å². The predicted molar refractivity (Wildman–Crippen MR) is 56.3 cm³/mol. The van der Waals surface area contributed by atoms with Crippen LogP contribution in [0.4, 0.5) is 0 Å². The fourth-order valence-electron chi connectivity index (χ4n) is 1.59. The maximum atomic E-state index is 9.63. The van der Waals surface area contributed by atoms with Crippen LogP contribution in [0.25, 0.3) is 0 Å². The molecule has 0 amide bonds. The molecule has 0 spiro atoms. The van der Waals surface area contributed by atoms with Crippen molar-refractivity contribution in [2.75, 3.05) is 13.6 Å². The Labute approximate surface area is 84.9 Å². The lowest BCUT2D eigenvalue weighted by molar-refractivity contribution is 0.172. The Kier molecular flexibility index (Phi) is 4.10. The van der Waals surface area contributed by atoms with Gasteiger partial charge >= 0.3 is 0 Å². The number of likely N-dealkylation sites (N-methyl/N-ethyl adjacent to an activating group) is 1. The average molecular weight is 197 g/mol. The van der Waals surface area contributed by atoms with Gasteiger partial charge in [-0.1, -0.05) is 0 Å². The Morgan fingerprint density at radius 2 is 2.36 bits per heavy atom. The Bertz CT molecular complexity index is 283. The van der Waals surface area contributed by atoms with Gasteiger partial charge in [-0.15, -0.1) is 0 Å². The zero-order valence-electron chi connectivity index (χ0n) is 9.12. The highest BCUT2D eigenvalue weighted by atomic mass is 16.3. The van der Waals surface area contributed by atoms with Crippen LogP contribution >= 0.6 is 0 Å². The summed E-state index contributed by atoms with van der Waals surface area (Å²) >= 11 is 0. The van der Waals surface area contributed by atoms with Crippen molar-refractivity contribution < 1.29 is 5.11 Å². The summed E-state index contributed by atoms with van der Waals surface area (Å²) in [5.41, 5.74) is 2.12. The van der Waals surface area contributed by atoms with Crippen LogP contribution in [0, 0.1) is 6.92 Å². The second kappa shape index (κ2) is 5.12. The minimum atomic E-state index is -0.332. The molecule has 0 saturated carbocycles. The van der Waals surface area contributed by atoms with Crippen molar-refractivity contribution in [1.29, 1.82) is 0 Å². The second-order valence-electron chi connectivity index (χ2n) is 3.51. The summed E-state index contributed by atoms with van der Waals surface area (Å²) < 4.78 is 1.94. The molecule has 1 unspecified atom stereocenters. The molecule has 1 aromatic heterocycles. The molecular formula is C10H19N3O. The van der Waals surface area contributed by atoms with Gasteiger partial charge in [0.25, 0.3) is 0 Å². The second-order valence-corrected chi connectivity index (χ2v) is 3.51. The first kappa shape index (κ1) is 11.2. The van der Waals surface area contributed by atoms with Crippen molar-refractivity contribution in [3.05, 3.63) is 17.5 Å². The summed E-state index contributed by atoms with van der Waals surface area (Å²) in [4.78, 5) is 0. The smallest absolute Gasteiger partial charge is 0.0719 e. The van der Waals surface area contributed by atoms with Gasteiger partial charge in [0.1, 0.15) is 0 Å². The third-order valence-electron chi connectivity index (χ3n) is 2.17. The number of aryl methyl sites for hydroxylation is 2. The molecule has 1 heterocycles. The molecule has 0 saturated heterocycles. The van der Waals surface area contributed by atoms with Gasteiger partial charge in [0, 0.05) is 25.2 Å². The van der Waals surface area contributed by atoms with E-state index in [0.717, 1.165) is 17.9 Å². The lowest BCUT2D eigenvalue weighted by Crippen LogP contribution is -2.26. The number of aliphatic hydroxyl groups is 1. The van der Waals surface area contributed by atoms with E-state index >= 15 is 0 Å². The molecule has 0 aliphatic heterocycles. The van der Waals surface area contributed by atoms with E-state index in [1.165, 1.54) is 0 Å². The summed E-state index contributed by atoms with van der Waals surface area (Å²) in [6.07, 6.45) is 0.330. The molecular weight excluding hydrogens is 178 g/mol. The number of nitrogens with one attached hydrogen (secondary N) is 1. The van der Waals surface area contributed by atoms with E-state index in [-0.39, 0.29) is 6.10 Å². The molecule has 1 aromatic rings. The molecule has 0 bridgehead atoms. The maximum absolute atomic E-state index is 9.63. The third kappa shape index (κ3) is 2.82. The first-order valence-corrected chi connectivity index (χ1v) is 5.03. The SMILES string of the molecule is CCn1nc(C)cc1CC(O)CNC. The Morgan fingerprint density at radius 1 is 1.64 bits per heavy atom. The molecule has 1 rings (SSSR count). The van der Waals surface area contributed by atoms with E-state index in [9.17, 15) is 5.11 Å². The highest BCUT2D eigenvalue weighted by Crippen LogP contribution is 2.06. The van der Waals surface area contributed by atoms with Gasteiger partial charge in [-0.3, -0.25) is 4.68 Å². The summed E-state index contributed by atoms with van der Waals surface area (Å²) in [5, 5.41) is 16.9. The number of rotatable bonds is 5. The third-order valence-corrected chi connectivity index (χ3v) is 2.17. The van der Waals surface area contributed by atoms with Crippen LogP contribution < -0.4 is 5.32 Å². The summed E-state index contributed by atoms with van der Waals surface area (Å²) in [6.45, 7) is 5.50. The lowest BCUT2D eigenvalue weighted by atomic mass is 10.2. The molecule has 80 valence electrons. The standard InChI is InChI=1S/C10H19N3O/c1-4-13-9(5-8(2)12-13)6-10(14)7-11-3/h5,10-11,14H,4,6-7H2,1-3H3. The predicted octanol–water partition coefficient (Wildman–Crippen LogP) is 0.334. The molecule has 0 fully saturated rings. The molecule has 1 atom stereocenters. The van der Waals surface area contributed by atoms with E-state index in [0.29, 0.717) is 13.0 Å². The molecule has 2 N–H and O–H groups in total. The van der Waals surface area contributed by atoms with Gasteiger partial charge in [0.05, 0.1) is 11.8 Å². The Hall–Kier alpha value is -0.870. The molecule has 4 nitrogen and oxygen atoms in total. The van der Waals surface area contributed by atoms with Gasteiger partial charge in [-0.05, 0) is 27.0 Å². The topological polar surface area (TPSA) is 50.1 Å². The Morgan fingerprint density at radius 3 is 2.93 bits per heavy atom. The summed E-state index contributed by atoms with van der Waals surface area (Å²) in [7, 11) is 1.84. The van der Waals surface area contributed by atoms with Crippen molar-refractivity contribution in [3.8, 4) is 0 Å². The van der Waals surface area contributed by atoms with Crippen LogP contribution in [0.1, 0.15) is 18.3 Å². The number of aromatic nitrogens is 2. The first-order chi connectivity index (χ1) is 6.67. The maximum Gasteiger partial charge on any atom is 0.0719 e. The highest BCUT2D eigenvalue weighted by molar-refractivity contribution is 5.10. The number of hydrogen-bond acceptors (Lipinski definition) is 3. The van der Waals surface area contributed by atoms with Crippen LogP contribution in [0.5, 0.6) is 0 Å². The molecule has 14 heavy (non-hydrogen) atoms. The van der Waals surface area contributed by atoms with Crippen LogP contribution in [0.15, 0.2) is 6.07 Å². The van der Waals surface area contributed by atoms with Gasteiger partial charge in [0.15, 0.2) is 0 Å². The van der Waals surface area contributed by atoms with E-state index in [4.69, 9.17) is 0 Å². The van der Waals surface area contributed by atoms with Gasteiger partial charge < -0.3 is 10.4 Å². The lowest BCUT2D eigenvalue weighted by Gasteiger charge is -2.10. The average Bonchev–Trinajstić information content (AvgIpc) is 2.46. The van der Waals surface area contributed by atoms with Crippen molar-refractivity contribution in [2.24, 2.45) is 0 Å². The van der Waals surface area contributed by atoms with Crippen molar-refractivity contribution in [3.63, 3.8) is 0 Å². The van der Waals surface area contributed by atoms with Crippen LogP contribution in [-0.4, -0.2) is 34.6 Å². The van der Waals surface area contributed by atoms with Crippen molar-refractivity contribution >= 4 is 0 Å². The molecule has 4 heteroatoms. The first-order valence-electron chi connectivity index (χ1n) is 5.03. The van der Waals surface area contributed by atoms with Crippen LogP contribution in [0.3, 0.4) is 0 Å². The van der Waals surface area contributed by atoms with Gasteiger partial charge in [0.2, 0.25) is 0 Å². The fourth-order valence-corrected chi connectivity index (χ4v) is 1.59. The highest BCUT2D eigenvalue weighted by Gasteiger charge is 2.09. The van der Waals surface area contributed by atoms with Crippen LogP contribution in [0.2, 0.25) is 0 Å². The van der Waals surface area contributed by atoms with E-state index in [2.05, 4.69) is 17.3 Å². The Balaban J connectivity index is 2.65. The number of nitrogens with zero attached hydrogens (tertiary/aromatic N) is 2. The fraction of sp³-hybridized carbons (Fsp3) is 0.700. The van der Waals surface area contributed by atoms with Gasteiger partial charge in [-0.25, -0.2) is 0 Å². The zero-order valence-corrected chi connectivity index (χ0v) is 9.12. The number of hydrogen-bond donors (Lipinski definition) is 2. The normalized spacial score (nSPS) is 13.1. The zero-order chi connectivity index (χ0) is 10.6. The number of aliphatic hydroxyl groups excluding tert-OH is 1. The van der Waals surface area contributed by atoms with Crippen molar-refractivity contribution in [1.82, 2.24) is 15.1 Å². The molecule has 0 aliphatic rings. The van der Waals surface area contributed by atoms with E-state index < -0.39 is 0 Å². The largest absolute Gasteiger partial charge is 0.391 e. The summed E-state index contributed by atoms with van der Waals surface area (Å²) in [6, 6.07) is 2.03. The molecule has 0 aromatic carbocycles. The quantitative estimate of drug-likeness (QED) is 0.715. The van der Waals surface area contributed by atoms with E-state index in [1.54, 1.807) is 0 Å². The van der Waals surface area contributed by atoms with Gasteiger partial charge in [-0.2, -0.15) is 5.10 Å². The molecule has 0 radical (unpaired) electrons. The molecule has 0 aliphatic carbocycles. The summed E-state index contributed by atoms with van der Waals surface area (Å²) in [5.74, 6) is 0. The monoisotopic (exact) mass is 197 g/mol. The van der Waals surface area contributed by atoms with Crippen LogP contribution in [-0.2, 0) is 13.0 Å².